The highest BCUT2D eigenvalue weighted by atomic mass is 15.1. The highest BCUT2D eigenvalue weighted by Gasteiger charge is 1.99. The molecule has 1 aromatic rings. The molecule has 0 spiro atoms. The van der Waals surface area contributed by atoms with E-state index in [0.717, 1.165) is 31.0 Å². The van der Waals surface area contributed by atoms with Crippen molar-refractivity contribution in [1.82, 2.24) is 15.2 Å². The number of aromatic nitrogens is 1. The van der Waals surface area contributed by atoms with Crippen LogP contribution >= 0.6 is 0 Å². The first kappa shape index (κ1) is 25.1. The summed E-state index contributed by atoms with van der Waals surface area (Å²) in [5.74, 6) is 0. The first-order chi connectivity index (χ1) is 13.7. The molecule has 0 saturated carbocycles. The van der Waals surface area contributed by atoms with Crippen molar-refractivity contribution in [3.8, 4) is 0 Å². The predicted molar refractivity (Wildman–Crippen MR) is 124 cm³/mol. The van der Waals surface area contributed by atoms with Crippen LogP contribution in [0.1, 0.15) is 108 Å². The highest BCUT2D eigenvalue weighted by Crippen LogP contribution is 2.12. The van der Waals surface area contributed by atoms with Crippen molar-refractivity contribution in [3.05, 3.63) is 29.6 Å². The van der Waals surface area contributed by atoms with Gasteiger partial charge in [-0.15, -0.1) is 0 Å². The topological polar surface area (TPSA) is 28.2 Å². The third-order valence-corrected chi connectivity index (χ3v) is 5.36. The molecule has 28 heavy (non-hydrogen) atoms. The summed E-state index contributed by atoms with van der Waals surface area (Å²) in [6.07, 6.45) is 19.9. The Bertz CT molecular complexity index is 459. The van der Waals surface area contributed by atoms with Gasteiger partial charge in [-0.2, -0.15) is 0 Å². The van der Waals surface area contributed by atoms with Crippen LogP contribution in [0, 0.1) is 0 Å². The summed E-state index contributed by atoms with van der Waals surface area (Å²) < 4.78 is 0. The number of nitrogens with one attached hydrogen (secondary N) is 1. The molecule has 1 aromatic heterocycles. The minimum atomic E-state index is 0.889. The molecule has 1 N–H and O–H groups in total. The average molecular weight is 390 g/mol. The quantitative estimate of drug-likeness (QED) is 0.266. The van der Waals surface area contributed by atoms with E-state index in [-0.39, 0.29) is 0 Å². The van der Waals surface area contributed by atoms with Crippen LogP contribution in [0.25, 0.3) is 0 Å². The van der Waals surface area contributed by atoms with Crippen LogP contribution < -0.4 is 5.32 Å². The molecule has 1 rings (SSSR count). The summed E-state index contributed by atoms with van der Waals surface area (Å²) in [6, 6.07) is 6.35. The first-order valence-corrected chi connectivity index (χ1v) is 12.0. The molecule has 162 valence electrons. The fourth-order valence-electron chi connectivity index (χ4n) is 3.70. The third-order valence-electron chi connectivity index (χ3n) is 5.36. The smallest absolute Gasteiger partial charge is 0.0547 e. The van der Waals surface area contributed by atoms with E-state index >= 15 is 0 Å². The molecule has 0 fully saturated rings. The number of hydrogen-bond acceptors (Lipinski definition) is 3. The number of unbranched alkanes of at least 4 members (excludes halogenated alkanes) is 13. The lowest BCUT2D eigenvalue weighted by atomic mass is 10.0. The highest BCUT2D eigenvalue weighted by molar-refractivity contribution is 5.11. The fraction of sp³-hybridized carbons (Fsp3) is 0.800. The standard InChI is InChI=1S/C25H47N3/c1-4-5-6-7-8-9-10-11-12-13-14-15-16-17-21-26-22-24-19-18-20-25(27-24)23-28(2)3/h18-20,26H,4-17,21-23H2,1-3H3. The van der Waals surface area contributed by atoms with Gasteiger partial charge in [-0.1, -0.05) is 96.5 Å². The Kier molecular flexibility index (Phi) is 16.2. The lowest BCUT2D eigenvalue weighted by molar-refractivity contribution is 0.396. The molecule has 3 heteroatoms. The molecule has 3 nitrogen and oxygen atoms in total. The van der Waals surface area contributed by atoms with Gasteiger partial charge in [0.25, 0.3) is 0 Å². The molecule has 0 aliphatic rings. The van der Waals surface area contributed by atoms with E-state index in [0.29, 0.717) is 0 Å². The molecule has 1 heterocycles. The average Bonchev–Trinajstić information content (AvgIpc) is 2.67. The Labute approximate surface area is 175 Å². The van der Waals surface area contributed by atoms with Gasteiger partial charge in [0.2, 0.25) is 0 Å². The predicted octanol–water partition coefficient (Wildman–Crippen LogP) is 6.71. The van der Waals surface area contributed by atoms with Gasteiger partial charge < -0.3 is 10.2 Å². The number of nitrogens with zero attached hydrogens (tertiary/aromatic N) is 2. The summed E-state index contributed by atoms with van der Waals surface area (Å²) in [7, 11) is 4.17. The summed E-state index contributed by atoms with van der Waals surface area (Å²) in [6.45, 7) is 5.20. The van der Waals surface area contributed by atoms with E-state index in [9.17, 15) is 0 Å². The van der Waals surface area contributed by atoms with Crippen LogP contribution in [-0.4, -0.2) is 30.5 Å². The van der Waals surface area contributed by atoms with Gasteiger partial charge in [0, 0.05) is 13.1 Å². The van der Waals surface area contributed by atoms with E-state index in [4.69, 9.17) is 4.98 Å². The number of rotatable bonds is 19. The SMILES string of the molecule is CCCCCCCCCCCCCCCCNCc1cccc(CN(C)C)n1. The Hall–Kier alpha value is -0.930. The van der Waals surface area contributed by atoms with Crippen molar-refractivity contribution in [3.63, 3.8) is 0 Å². The molecule has 0 amide bonds. The monoisotopic (exact) mass is 389 g/mol. The zero-order valence-corrected chi connectivity index (χ0v) is 19.1. The molecule has 0 saturated heterocycles. The minimum Gasteiger partial charge on any atom is -0.311 e. The molecule has 0 aliphatic carbocycles. The van der Waals surface area contributed by atoms with Crippen LogP contribution in [0.2, 0.25) is 0 Å². The van der Waals surface area contributed by atoms with Crippen molar-refractivity contribution in [1.29, 1.82) is 0 Å². The molecular weight excluding hydrogens is 342 g/mol. The van der Waals surface area contributed by atoms with E-state index in [2.05, 4.69) is 49.4 Å². The second-order valence-corrected chi connectivity index (χ2v) is 8.63. The zero-order chi connectivity index (χ0) is 20.3. The van der Waals surface area contributed by atoms with E-state index in [1.54, 1.807) is 0 Å². The van der Waals surface area contributed by atoms with Crippen molar-refractivity contribution >= 4 is 0 Å². The fourth-order valence-corrected chi connectivity index (χ4v) is 3.70. The van der Waals surface area contributed by atoms with Crippen LogP contribution in [0.4, 0.5) is 0 Å². The first-order valence-electron chi connectivity index (χ1n) is 12.0. The molecular formula is C25H47N3. The zero-order valence-electron chi connectivity index (χ0n) is 19.1. The molecule has 0 radical (unpaired) electrons. The van der Waals surface area contributed by atoms with Gasteiger partial charge in [0.05, 0.1) is 11.4 Å². The largest absolute Gasteiger partial charge is 0.311 e. The van der Waals surface area contributed by atoms with Crippen LogP contribution in [0.3, 0.4) is 0 Å². The Morgan fingerprint density at radius 1 is 0.714 bits per heavy atom. The van der Waals surface area contributed by atoms with Crippen molar-refractivity contribution in [2.75, 3.05) is 20.6 Å². The Balaban J connectivity index is 1.84. The van der Waals surface area contributed by atoms with Crippen molar-refractivity contribution in [2.45, 2.75) is 110 Å². The van der Waals surface area contributed by atoms with Crippen LogP contribution in [0.5, 0.6) is 0 Å². The van der Waals surface area contributed by atoms with Gasteiger partial charge in [-0.25, -0.2) is 0 Å². The second kappa shape index (κ2) is 18.1. The van der Waals surface area contributed by atoms with Crippen molar-refractivity contribution in [2.24, 2.45) is 0 Å². The van der Waals surface area contributed by atoms with Gasteiger partial charge in [0.1, 0.15) is 0 Å². The number of hydrogen-bond donors (Lipinski definition) is 1. The van der Waals surface area contributed by atoms with Gasteiger partial charge in [-0.3, -0.25) is 4.98 Å². The Morgan fingerprint density at radius 2 is 1.21 bits per heavy atom. The van der Waals surface area contributed by atoms with Crippen LogP contribution in [0.15, 0.2) is 18.2 Å². The van der Waals surface area contributed by atoms with Gasteiger partial charge >= 0.3 is 0 Å². The van der Waals surface area contributed by atoms with E-state index < -0.39 is 0 Å². The molecule has 0 atom stereocenters. The maximum absolute atomic E-state index is 4.72. The minimum absolute atomic E-state index is 0.889. The van der Waals surface area contributed by atoms with Crippen molar-refractivity contribution < 1.29 is 0 Å². The number of pyridine rings is 1. The molecule has 0 unspecified atom stereocenters. The second-order valence-electron chi connectivity index (χ2n) is 8.63. The third kappa shape index (κ3) is 15.0. The van der Waals surface area contributed by atoms with Gasteiger partial charge in [0.15, 0.2) is 0 Å². The Morgan fingerprint density at radius 3 is 1.75 bits per heavy atom. The maximum atomic E-state index is 4.72. The molecule has 0 bridgehead atoms. The summed E-state index contributed by atoms with van der Waals surface area (Å²) >= 11 is 0. The molecule has 0 aliphatic heterocycles. The molecule has 0 aromatic carbocycles. The van der Waals surface area contributed by atoms with E-state index in [1.807, 2.05) is 0 Å². The summed E-state index contributed by atoms with van der Waals surface area (Å²) in [5, 5.41) is 3.55. The van der Waals surface area contributed by atoms with Gasteiger partial charge in [-0.05, 0) is 39.2 Å². The van der Waals surface area contributed by atoms with Crippen LogP contribution in [-0.2, 0) is 13.1 Å². The van der Waals surface area contributed by atoms with E-state index in [1.165, 1.54) is 89.9 Å². The summed E-state index contributed by atoms with van der Waals surface area (Å²) in [4.78, 5) is 6.88. The normalized spacial score (nSPS) is 11.4. The maximum Gasteiger partial charge on any atom is 0.0547 e. The lowest BCUT2D eigenvalue weighted by Crippen LogP contribution is -2.17. The lowest BCUT2D eigenvalue weighted by Gasteiger charge is -2.10. The summed E-state index contributed by atoms with van der Waals surface area (Å²) in [5.41, 5.74) is 2.31.